The molecule has 0 radical (unpaired) electrons. The number of allylic oxidation sites excluding steroid dienone is 6. The lowest BCUT2D eigenvalue weighted by Crippen LogP contribution is -1.84. The summed E-state index contributed by atoms with van der Waals surface area (Å²) in [5, 5.41) is 6.96. The quantitative estimate of drug-likeness (QED) is 0.764. The van der Waals surface area contributed by atoms with Gasteiger partial charge in [0.05, 0.1) is 0 Å². The van der Waals surface area contributed by atoms with Crippen molar-refractivity contribution in [3.8, 4) is 0 Å². The van der Waals surface area contributed by atoms with Crippen molar-refractivity contribution in [2.45, 2.75) is 27.2 Å². The minimum atomic E-state index is 0.742. The second kappa shape index (κ2) is 5.96. The van der Waals surface area contributed by atoms with Crippen LogP contribution < -0.4 is 0 Å². The lowest BCUT2D eigenvalue weighted by Gasteiger charge is -1.92. The largest absolute Gasteiger partial charge is 0.263 e. The molecule has 0 aliphatic carbocycles. The second-order valence-electron chi connectivity index (χ2n) is 3.20. The van der Waals surface area contributed by atoms with Gasteiger partial charge in [0.1, 0.15) is 5.82 Å². The number of H-pyrrole nitrogens is 1. The van der Waals surface area contributed by atoms with E-state index >= 15 is 0 Å². The Morgan fingerprint density at radius 1 is 1.47 bits per heavy atom. The lowest BCUT2D eigenvalue weighted by molar-refractivity contribution is 1.03. The number of hydrogen-bond donors (Lipinski definition) is 1. The van der Waals surface area contributed by atoms with Gasteiger partial charge in [0.25, 0.3) is 0 Å². The molecule has 0 unspecified atom stereocenters. The smallest absolute Gasteiger partial charge is 0.181 e. The van der Waals surface area contributed by atoms with Gasteiger partial charge in [-0.15, -0.1) is 0 Å². The van der Waals surface area contributed by atoms with E-state index in [1.807, 2.05) is 38.2 Å². The maximum Gasteiger partial charge on any atom is 0.181 e. The Morgan fingerprint density at radius 2 is 2.27 bits per heavy atom. The minimum absolute atomic E-state index is 0.742. The van der Waals surface area contributed by atoms with Crippen LogP contribution in [0, 0.1) is 6.92 Å². The van der Waals surface area contributed by atoms with Crippen molar-refractivity contribution in [3.63, 3.8) is 0 Å². The molecule has 15 heavy (non-hydrogen) atoms. The molecule has 0 atom stereocenters. The van der Waals surface area contributed by atoms with E-state index in [0.717, 1.165) is 23.6 Å². The van der Waals surface area contributed by atoms with E-state index < -0.39 is 0 Å². The first-order valence-corrected chi connectivity index (χ1v) is 5.16. The summed E-state index contributed by atoms with van der Waals surface area (Å²) in [6.07, 6.45) is 11.2. The first-order valence-electron chi connectivity index (χ1n) is 5.16. The minimum Gasteiger partial charge on any atom is -0.263 e. The van der Waals surface area contributed by atoms with Crippen molar-refractivity contribution in [1.29, 1.82) is 0 Å². The first-order chi connectivity index (χ1) is 7.27. The molecule has 1 heterocycles. The summed E-state index contributed by atoms with van der Waals surface area (Å²) < 4.78 is 0. The molecule has 1 N–H and O–H groups in total. The average Bonchev–Trinajstić information content (AvgIpc) is 2.64. The van der Waals surface area contributed by atoms with Crippen molar-refractivity contribution < 1.29 is 0 Å². The summed E-state index contributed by atoms with van der Waals surface area (Å²) >= 11 is 0. The molecule has 1 aromatic heterocycles. The molecule has 1 rings (SSSR count). The van der Waals surface area contributed by atoms with Gasteiger partial charge in [-0.3, -0.25) is 5.10 Å². The fraction of sp³-hybridized carbons (Fsp3) is 0.333. The number of hydrogen-bond acceptors (Lipinski definition) is 2. The molecule has 0 aliphatic heterocycles. The Balaban J connectivity index is 2.92. The highest BCUT2D eigenvalue weighted by Gasteiger charge is 2.02. The van der Waals surface area contributed by atoms with Gasteiger partial charge in [-0.2, -0.15) is 5.10 Å². The molecular formula is C12H17N3. The molecule has 0 aromatic carbocycles. The molecule has 0 saturated carbocycles. The van der Waals surface area contributed by atoms with E-state index in [9.17, 15) is 0 Å². The highest BCUT2D eigenvalue weighted by Crippen LogP contribution is 2.11. The van der Waals surface area contributed by atoms with E-state index in [1.54, 1.807) is 0 Å². The van der Waals surface area contributed by atoms with Crippen LogP contribution in [0.15, 0.2) is 30.4 Å². The van der Waals surface area contributed by atoms with Gasteiger partial charge in [0.15, 0.2) is 5.82 Å². The van der Waals surface area contributed by atoms with Crippen LogP contribution in [-0.4, -0.2) is 15.2 Å². The fourth-order valence-corrected chi connectivity index (χ4v) is 1.16. The number of nitrogens with zero attached hydrogens (tertiary/aromatic N) is 2. The van der Waals surface area contributed by atoms with Crippen molar-refractivity contribution in [1.82, 2.24) is 15.2 Å². The van der Waals surface area contributed by atoms with E-state index in [4.69, 9.17) is 0 Å². The van der Waals surface area contributed by atoms with E-state index in [0.29, 0.717) is 0 Å². The molecule has 0 amide bonds. The van der Waals surface area contributed by atoms with Crippen LogP contribution in [0.5, 0.6) is 0 Å². The predicted molar refractivity (Wildman–Crippen MR) is 63.3 cm³/mol. The summed E-state index contributed by atoms with van der Waals surface area (Å²) in [5.41, 5.74) is 1.02. The molecule has 80 valence electrons. The van der Waals surface area contributed by atoms with Crippen molar-refractivity contribution in [2.24, 2.45) is 0 Å². The van der Waals surface area contributed by atoms with Crippen LogP contribution in [0.3, 0.4) is 0 Å². The van der Waals surface area contributed by atoms with Crippen LogP contribution in [-0.2, 0) is 0 Å². The molecule has 0 fully saturated rings. The monoisotopic (exact) mass is 203 g/mol. The van der Waals surface area contributed by atoms with Crippen molar-refractivity contribution in [3.05, 3.63) is 42.0 Å². The lowest BCUT2D eigenvalue weighted by atomic mass is 10.2. The zero-order chi connectivity index (χ0) is 11.1. The van der Waals surface area contributed by atoms with Gasteiger partial charge in [0, 0.05) is 5.57 Å². The van der Waals surface area contributed by atoms with Gasteiger partial charge < -0.3 is 0 Å². The summed E-state index contributed by atoms with van der Waals surface area (Å²) in [6, 6.07) is 0. The van der Waals surface area contributed by atoms with Crippen molar-refractivity contribution in [2.75, 3.05) is 0 Å². The Kier molecular flexibility index (Phi) is 4.54. The zero-order valence-corrected chi connectivity index (χ0v) is 9.49. The number of aryl methyl sites for hydroxylation is 1. The van der Waals surface area contributed by atoms with Crippen LogP contribution in [0.2, 0.25) is 0 Å². The summed E-state index contributed by atoms with van der Waals surface area (Å²) in [5.74, 6) is 1.58. The van der Waals surface area contributed by atoms with Crippen LogP contribution in [0.25, 0.3) is 5.57 Å². The highest BCUT2D eigenvalue weighted by molar-refractivity contribution is 5.70. The number of aromatic nitrogens is 3. The van der Waals surface area contributed by atoms with Gasteiger partial charge in [0.2, 0.25) is 0 Å². The molecule has 0 saturated heterocycles. The molecule has 3 nitrogen and oxygen atoms in total. The van der Waals surface area contributed by atoms with E-state index in [1.165, 1.54) is 0 Å². The molecule has 0 spiro atoms. The summed E-state index contributed by atoms with van der Waals surface area (Å²) in [4.78, 5) is 4.29. The van der Waals surface area contributed by atoms with Crippen LogP contribution >= 0.6 is 0 Å². The number of rotatable bonds is 4. The average molecular weight is 203 g/mol. The van der Waals surface area contributed by atoms with E-state index in [-0.39, 0.29) is 0 Å². The maximum absolute atomic E-state index is 4.29. The molecule has 0 bridgehead atoms. The van der Waals surface area contributed by atoms with Gasteiger partial charge in [-0.1, -0.05) is 37.3 Å². The summed E-state index contributed by atoms with van der Waals surface area (Å²) in [6.45, 7) is 5.99. The number of aromatic amines is 1. The molecule has 0 aliphatic rings. The Hall–Kier alpha value is -1.64. The molecule has 3 heteroatoms. The summed E-state index contributed by atoms with van der Waals surface area (Å²) in [7, 11) is 0. The third-order valence-corrected chi connectivity index (χ3v) is 1.85. The maximum atomic E-state index is 4.29. The molecule has 1 aromatic rings. The topological polar surface area (TPSA) is 41.6 Å². The van der Waals surface area contributed by atoms with Gasteiger partial charge >= 0.3 is 0 Å². The fourth-order valence-electron chi connectivity index (χ4n) is 1.16. The standard InChI is InChI=1S/C12H17N3/c1-4-6-7-9-11(8-5-2)12-13-10(3)14-15-12/h5-9H,4H2,1-3H3,(H,13,14,15)/b7-6+,8-5-,11-9+. The van der Waals surface area contributed by atoms with Crippen LogP contribution in [0.1, 0.15) is 31.9 Å². The van der Waals surface area contributed by atoms with Gasteiger partial charge in [-0.25, -0.2) is 4.98 Å². The second-order valence-corrected chi connectivity index (χ2v) is 3.20. The first kappa shape index (κ1) is 11.4. The predicted octanol–water partition coefficient (Wildman–Crippen LogP) is 3.04. The Morgan fingerprint density at radius 3 is 2.80 bits per heavy atom. The zero-order valence-electron chi connectivity index (χ0n) is 9.49. The van der Waals surface area contributed by atoms with E-state index in [2.05, 4.69) is 28.2 Å². The van der Waals surface area contributed by atoms with Gasteiger partial charge in [-0.05, 0) is 20.3 Å². The van der Waals surface area contributed by atoms with Crippen LogP contribution in [0.4, 0.5) is 0 Å². The number of nitrogens with one attached hydrogen (secondary N) is 1. The third-order valence-electron chi connectivity index (χ3n) is 1.85. The Labute approximate surface area is 90.6 Å². The third kappa shape index (κ3) is 3.54. The highest BCUT2D eigenvalue weighted by atomic mass is 15.2. The molecular weight excluding hydrogens is 186 g/mol. The normalized spacial score (nSPS) is 13.1. The Bertz CT molecular complexity index is 383. The SMILES string of the molecule is C\C=C/C(=C\C=C\CC)c1n[nH]c(C)n1. The van der Waals surface area contributed by atoms with Crippen molar-refractivity contribution >= 4 is 5.57 Å².